The van der Waals surface area contributed by atoms with Crippen LogP contribution in [0.15, 0.2) is 70.4 Å². The molecule has 0 aliphatic rings. The zero-order valence-corrected chi connectivity index (χ0v) is 12.9. The molecule has 21 heavy (non-hydrogen) atoms. The van der Waals surface area contributed by atoms with E-state index < -0.39 is 0 Å². The Hall–Kier alpha value is -2.20. The highest BCUT2D eigenvalue weighted by Gasteiger charge is 2.12. The van der Waals surface area contributed by atoms with Gasteiger partial charge in [-0.25, -0.2) is 0 Å². The van der Waals surface area contributed by atoms with Crippen LogP contribution in [0.3, 0.4) is 0 Å². The average molecular weight is 342 g/mol. The molecule has 0 saturated heterocycles. The molecular formula is C17H14BrN2O+. The minimum atomic E-state index is 0.702. The van der Waals surface area contributed by atoms with Crippen LogP contribution in [0.1, 0.15) is 11.3 Å². The number of nitrogens with zero attached hydrogens (tertiary/aromatic N) is 2. The van der Waals surface area contributed by atoms with Crippen LogP contribution in [-0.2, 0) is 6.54 Å². The molecule has 0 bridgehead atoms. The Labute approximate surface area is 131 Å². The maximum Gasteiger partial charge on any atom is 0.227 e. The van der Waals surface area contributed by atoms with E-state index in [0.717, 1.165) is 10.2 Å². The van der Waals surface area contributed by atoms with Crippen LogP contribution >= 0.6 is 15.9 Å². The number of benzene rings is 2. The van der Waals surface area contributed by atoms with E-state index in [0.29, 0.717) is 6.54 Å². The van der Waals surface area contributed by atoms with E-state index in [1.165, 1.54) is 22.6 Å². The van der Waals surface area contributed by atoms with Gasteiger partial charge in [0.2, 0.25) is 5.69 Å². The van der Waals surface area contributed by atoms with Gasteiger partial charge in [0.1, 0.15) is 6.21 Å². The van der Waals surface area contributed by atoms with Crippen LogP contribution in [-0.4, -0.2) is 11.4 Å². The molecule has 0 aliphatic carbocycles. The number of pyridine rings is 1. The summed E-state index contributed by atoms with van der Waals surface area (Å²) in [4.78, 5) is 0. The Bertz CT molecular complexity index is 815. The minimum absolute atomic E-state index is 0.702. The first-order valence-corrected chi connectivity index (χ1v) is 7.41. The van der Waals surface area contributed by atoms with Gasteiger partial charge in [0.15, 0.2) is 12.7 Å². The zero-order chi connectivity index (χ0) is 14.7. The first-order valence-electron chi connectivity index (χ1n) is 6.61. The summed E-state index contributed by atoms with van der Waals surface area (Å²) in [6.07, 6.45) is 3.41. The molecule has 0 amide bonds. The minimum Gasteiger partial charge on any atom is -0.411 e. The zero-order valence-electron chi connectivity index (χ0n) is 11.3. The van der Waals surface area contributed by atoms with Gasteiger partial charge in [-0.05, 0) is 32.8 Å². The Morgan fingerprint density at radius 1 is 1.05 bits per heavy atom. The normalized spacial score (nSPS) is 11.3. The Morgan fingerprint density at radius 2 is 1.86 bits per heavy atom. The van der Waals surface area contributed by atoms with E-state index in [1.807, 2.05) is 41.1 Å². The van der Waals surface area contributed by atoms with Crippen molar-refractivity contribution in [2.24, 2.45) is 5.16 Å². The first-order chi connectivity index (χ1) is 10.3. The summed E-state index contributed by atoms with van der Waals surface area (Å²) in [6.45, 7) is 0.702. The second-order valence-corrected chi connectivity index (χ2v) is 5.55. The molecule has 0 saturated carbocycles. The Balaban J connectivity index is 2.05. The molecule has 1 aromatic heterocycles. The van der Waals surface area contributed by atoms with Crippen molar-refractivity contribution >= 4 is 32.9 Å². The topological polar surface area (TPSA) is 36.5 Å². The Morgan fingerprint density at radius 3 is 2.71 bits per heavy atom. The molecule has 0 aliphatic heterocycles. The fourth-order valence-electron chi connectivity index (χ4n) is 2.39. The molecule has 1 N–H and O–H groups in total. The number of halogens is 1. The third kappa shape index (κ3) is 2.81. The second-order valence-electron chi connectivity index (χ2n) is 4.76. The molecule has 0 radical (unpaired) electrons. The van der Waals surface area contributed by atoms with Crippen molar-refractivity contribution in [3.8, 4) is 0 Å². The predicted octanol–water partition coefficient (Wildman–Crippen LogP) is 3.75. The smallest absolute Gasteiger partial charge is 0.227 e. The van der Waals surface area contributed by atoms with Crippen LogP contribution in [0.4, 0.5) is 0 Å². The third-order valence-corrected chi connectivity index (χ3v) is 4.39. The van der Waals surface area contributed by atoms with Crippen LogP contribution in [0.2, 0.25) is 0 Å². The lowest BCUT2D eigenvalue weighted by atomic mass is 10.1. The van der Waals surface area contributed by atoms with Crippen molar-refractivity contribution in [2.45, 2.75) is 6.54 Å². The summed E-state index contributed by atoms with van der Waals surface area (Å²) in [5.74, 6) is 0. The number of fused-ring (bicyclic) bond motifs is 1. The molecule has 0 unspecified atom stereocenters. The van der Waals surface area contributed by atoms with Crippen molar-refractivity contribution in [1.29, 1.82) is 0 Å². The lowest BCUT2D eigenvalue weighted by Gasteiger charge is -2.06. The molecule has 0 fully saturated rings. The van der Waals surface area contributed by atoms with E-state index in [-0.39, 0.29) is 0 Å². The molecule has 2 aromatic carbocycles. The second kappa shape index (κ2) is 6.06. The number of hydrogen-bond donors (Lipinski definition) is 1. The van der Waals surface area contributed by atoms with Gasteiger partial charge in [0.05, 0.1) is 0 Å². The predicted molar refractivity (Wildman–Crippen MR) is 86.8 cm³/mol. The highest BCUT2D eigenvalue weighted by atomic mass is 79.9. The largest absolute Gasteiger partial charge is 0.411 e. The van der Waals surface area contributed by atoms with Gasteiger partial charge >= 0.3 is 0 Å². The van der Waals surface area contributed by atoms with Gasteiger partial charge in [-0.3, -0.25) is 0 Å². The van der Waals surface area contributed by atoms with Crippen molar-refractivity contribution in [3.05, 3.63) is 76.5 Å². The summed E-state index contributed by atoms with van der Waals surface area (Å²) < 4.78 is 3.14. The molecule has 104 valence electrons. The molecule has 1 heterocycles. The van der Waals surface area contributed by atoms with Gasteiger partial charge < -0.3 is 5.21 Å². The third-order valence-electron chi connectivity index (χ3n) is 3.45. The number of rotatable bonds is 3. The Kier molecular flexibility index (Phi) is 3.97. The van der Waals surface area contributed by atoms with Crippen LogP contribution in [0, 0.1) is 0 Å². The van der Waals surface area contributed by atoms with Crippen LogP contribution in [0.5, 0.6) is 0 Å². The molecule has 0 spiro atoms. The summed E-state index contributed by atoms with van der Waals surface area (Å²) in [5, 5.41) is 14.3. The van der Waals surface area contributed by atoms with Crippen molar-refractivity contribution in [3.63, 3.8) is 0 Å². The molecule has 0 atom stereocenters. The summed E-state index contributed by atoms with van der Waals surface area (Å²) in [5.41, 5.74) is 2.03. The van der Waals surface area contributed by atoms with Crippen LogP contribution in [0.25, 0.3) is 10.8 Å². The van der Waals surface area contributed by atoms with E-state index in [1.54, 1.807) is 0 Å². The summed E-state index contributed by atoms with van der Waals surface area (Å²) >= 11 is 3.71. The maximum absolute atomic E-state index is 8.75. The van der Waals surface area contributed by atoms with E-state index in [2.05, 4.69) is 45.4 Å². The van der Waals surface area contributed by atoms with Gasteiger partial charge in [0, 0.05) is 22.2 Å². The highest BCUT2D eigenvalue weighted by molar-refractivity contribution is 9.10. The number of hydrogen-bond acceptors (Lipinski definition) is 2. The van der Waals surface area contributed by atoms with Gasteiger partial charge in [-0.1, -0.05) is 41.6 Å². The van der Waals surface area contributed by atoms with E-state index in [4.69, 9.17) is 5.21 Å². The lowest BCUT2D eigenvalue weighted by Crippen LogP contribution is -2.38. The number of aromatic nitrogens is 1. The standard InChI is InChI=1S/C17H13BrN2O/c18-17-14(9-8-13-5-1-2-7-16(13)17)12-20-10-4-3-6-15(20)11-19-21/h1-11H,12H2/p+1. The van der Waals surface area contributed by atoms with Gasteiger partial charge in [0.25, 0.3) is 0 Å². The van der Waals surface area contributed by atoms with Crippen molar-refractivity contribution in [2.75, 3.05) is 0 Å². The van der Waals surface area contributed by atoms with Crippen molar-refractivity contribution < 1.29 is 9.77 Å². The first kappa shape index (κ1) is 13.8. The molecule has 3 rings (SSSR count). The fraction of sp³-hybridized carbons (Fsp3) is 0.0588. The number of oxime groups is 1. The fourth-order valence-corrected chi connectivity index (χ4v) is 3.01. The van der Waals surface area contributed by atoms with Crippen molar-refractivity contribution in [1.82, 2.24) is 0 Å². The highest BCUT2D eigenvalue weighted by Crippen LogP contribution is 2.27. The summed E-state index contributed by atoms with van der Waals surface area (Å²) in [7, 11) is 0. The lowest BCUT2D eigenvalue weighted by molar-refractivity contribution is -0.689. The van der Waals surface area contributed by atoms with E-state index in [9.17, 15) is 0 Å². The average Bonchev–Trinajstić information content (AvgIpc) is 2.52. The molecular weight excluding hydrogens is 328 g/mol. The SMILES string of the molecule is ON=Cc1cccc[n+]1Cc1ccc2ccccc2c1Br. The van der Waals surface area contributed by atoms with E-state index >= 15 is 0 Å². The van der Waals surface area contributed by atoms with Gasteiger partial charge in [-0.2, -0.15) is 4.57 Å². The summed E-state index contributed by atoms with van der Waals surface area (Å²) in [6, 6.07) is 18.3. The molecule has 4 heteroatoms. The maximum atomic E-state index is 8.75. The molecule has 3 aromatic rings. The van der Waals surface area contributed by atoms with Gasteiger partial charge in [-0.15, -0.1) is 0 Å². The van der Waals surface area contributed by atoms with Crippen LogP contribution < -0.4 is 4.57 Å². The quantitative estimate of drug-likeness (QED) is 0.335. The molecule has 3 nitrogen and oxygen atoms in total. The monoisotopic (exact) mass is 341 g/mol.